The van der Waals surface area contributed by atoms with Crippen LogP contribution in [0.15, 0.2) is 24.3 Å². The van der Waals surface area contributed by atoms with Crippen LogP contribution in [0.4, 0.5) is 5.69 Å². The lowest BCUT2D eigenvalue weighted by Gasteiger charge is -2.23. The highest BCUT2D eigenvalue weighted by Crippen LogP contribution is 2.32. The second kappa shape index (κ2) is 11.6. The lowest BCUT2D eigenvalue weighted by molar-refractivity contribution is -0.120. The highest BCUT2D eigenvalue weighted by molar-refractivity contribution is 6.04. The van der Waals surface area contributed by atoms with Gasteiger partial charge in [-0.2, -0.15) is 0 Å². The highest BCUT2D eigenvalue weighted by Gasteiger charge is 2.32. The van der Waals surface area contributed by atoms with Gasteiger partial charge in [0.05, 0.1) is 11.3 Å². The maximum absolute atomic E-state index is 13.0. The maximum Gasteiger partial charge on any atom is 0.256 e. The lowest BCUT2D eigenvalue weighted by atomic mass is 9.95. The van der Waals surface area contributed by atoms with Crippen molar-refractivity contribution in [2.45, 2.75) is 25.7 Å². The highest BCUT2D eigenvalue weighted by atomic mass is 35.5. The number of anilines is 1. The molecule has 2 atom stereocenters. The molecule has 1 saturated carbocycles. The molecule has 158 valence electrons. The van der Waals surface area contributed by atoms with Crippen LogP contribution in [0.5, 0.6) is 0 Å². The van der Waals surface area contributed by atoms with Crippen LogP contribution in [0, 0.1) is 11.8 Å². The van der Waals surface area contributed by atoms with E-state index in [9.17, 15) is 9.59 Å². The van der Waals surface area contributed by atoms with Crippen LogP contribution in [0.25, 0.3) is 0 Å². The Bertz CT molecular complexity index is 659. The molecule has 3 N–H and O–H groups in total. The Hall–Kier alpha value is -1.34. The van der Waals surface area contributed by atoms with Gasteiger partial charge in [0, 0.05) is 25.6 Å². The average molecular weight is 431 g/mol. The van der Waals surface area contributed by atoms with Crippen molar-refractivity contribution in [2.24, 2.45) is 17.6 Å². The molecular formula is C20H32Cl2N4O2. The zero-order chi connectivity index (χ0) is 18.5. The number of rotatable bonds is 4. The fourth-order valence-corrected chi connectivity index (χ4v) is 4.09. The van der Waals surface area contributed by atoms with Crippen molar-refractivity contribution in [1.82, 2.24) is 9.80 Å². The summed E-state index contributed by atoms with van der Waals surface area (Å²) in [7, 11) is 2.08. The molecule has 0 radical (unpaired) electrons. The number of benzene rings is 1. The number of likely N-dealkylation sites (N-methyl/N-ethyl adjacent to an activating group) is 1. The first-order valence-electron chi connectivity index (χ1n) is 9.68. The summed E-state index contributed by atoms with van der Waals surface area (Å²) in [5.74, 6) is 0.195. The van der Waals surface area contributed by atoms with Gasteiger partial charge in [0.15, 0.2) is 0 Å². The van der Waals surface area contributed by atoms with E-state index in [0.717, 1.165) is 51.9 Å². The number of hydrogen-bond donors (Lipinski definition) is 2. The second-order valence-corrected chi connectivity index (χ2v) is 7.52. The maximum atomic E-state index is 13.0. The quantitative estimate of drug-likeness (QED) is 0.769. The Labute approximate surface area is 180 Å². The first-order chi connectivity index (χ1) is 12.6. The standard InChI is InChI=1S/C20H30N4O2.2ClH/c1-23-10-5-11-24(13-12-23)20(26)17-7-2-3-9-18(17)22-19(25)16-8-4-6-15(16)14-21;;/h2-3,7,9,15-16H,4-6,8,10-14,21H2,1H3,(H,22,25);2*1H/t15-,16-;;/m1../s1. The second-order valence-electron chi connectivity index (χ2n) is 7.52. The van der Waals surface area contributed by atoms with Crippen LogP contribution in [-0.4, -0.2) is 61.4 Å². The first kappa shape index (κ1) is 24.7. The molecule has 2 amide bonds. The van der Waals surface area contributed by atoms with Crippen molar-refractivity contribution in [3.8, 4) is 0 Å². The van der Waals surface area contributed by atoms with Crippen molar-refractivity contribution in [3.63, 3.8) is 0 Å². The van der Waals surface area contributed by atoms with Crippen LogP contribution in [0.2, 0.25) is 0 Å². The van der Waals surface area contributed by atoms with E-state index in [0.29, 0.717) is 17.8 Å². The van der Waals surface area contributed by atoms with Gasteiger partial charge in [-0.25, -0.2) is 0 Å². The summed E-state index contributed by atoms with van der Waals surface area (Å²) in [5, 5.41) is 3.01. The summed E-state index contributed by atoms with van der Waals surface area (Å²) in [4.78, 5) is 29.9. The van der Waals surface area contributed by atoms with Gasteiger partial charge >= 0.3 is 0 Å². The van der Waals surface area contributed by atoms with Crippen LogP contribution in [0.3, 0.4) is 0 Å². The number of halogens is 2. The monoisotopic (exact) mass is 430 g/mol. The average Bonchev–Trinajstić information content (AvgIpc) is 3.03. The van der Waals surface area contributed by atoms with Gasteiger partial charge in [-0.15, -0.1) is 24.8 Å². The number of amides is 2. The van der Waals surface area contributed by atoms with Crippen molar-refractivity contribution >= 4 is 42.3 Å². The van der Waals surface area contributed by atoms with Gasteiger partial charge < -0.3 is 20.9 Å². The first-order valence-corrected chi connectivity index (χ1v) is 9.68. The van der Waals surface area contributed by atoms with Gasteiger partial charge in [0.2, 0.25) is 5.91 Å². The summed E-state index contributed by atoms with van der Waals surface area (Å²) < 4.78 is 0. The molecule has 0 bridgehead atoms. The van der Waals surface area contributed by atoms with Gasteiger partial charge in [-0.1, -0.05) is 18.6 Å². The summed E-state index contributed by atoms with van der Waals surface area (Å²) in [6.07, 6.45) is 3.90. The van der Waals surface area contributed by atoms with Crippen molar-refractivity contribution in [1.29, 1.82) is 0 Å². The smallest absolute Gasteiger partial charge is 0.256 e. The Morgan fingerprint density at radius 1 is 1.07 bits per heavy atom. The van der Waals surface area contributed by atoms with E-state index in [2.05, 4.69) is 17.3 Å². The Morgan fingerprint density at radius 3 is 2.57 bits per heavy atom. The Balaban J connectivity index is 0.00000196. The molecule has 1 aromatic rings. The summed E-state index contributed by atoms with van der Waals surface area (Å²) in [6.45, 7) is 3.89. The third-order valence-electron chi connectivity index (χ3n) is 5.72. The SMILES string of the molecule is CN1CCCN(C(=O)c2ccccc2NC(=O)[C@@H]2CCC[C@@H]2CN)CC1.Cl.Cl. The molecular weight excluding hydrogens is 399 g/mol. The number of hydrogen-bond acceptors (Lipinski definition) is 4. The number of para-hydroxylation sites is 1. The molecule has 1 aliphatic carbocycles. The molecule has 0 unspecified atom stereocenters. The van der Waals surface area contributed by atoms with Crippen LogP contribution in [-0.2, 0) is 4.79 Å². The van der Waals surface area contributed by atoms with E-state index in [-0.39, 0.29) is 48.5 Å². The molecule has 0 aromatic heterocycles. The molecule has 6 nitrogen and oxygen atoms in total. The molecule has 2 fully saturated rings. The largest absolute Gasteiger partial charge is 0.337 e. The zero-order valence-electron chi connectivity index (χ0n) is 16.4. The molecule has 0 spiro atoms. The number of carbonyl (C=O) groups excluding carboxylic acids is 2. The predicted molar refractivity (Wildman–Crippen MR) is 117 cm³/mol. The number of nitrogens with two attached hydrogens (primary N) is 1. The fourth-order valence-electron chi connectivity index (χ4n) is 4.09. The number of nitrogens with one attached hydrogen (secondary N) is 1. The van der Waals surface area contributed by atoms with Crippen LogP contribution >= 0.6 is 24.8 Å². The Kier molecular flexibility index (Phi) is 10.2. The number of carbonyl (C=O) groups is 2. The third-order valence-corrected chi connectivity index (χ3v) is 5.72. The van der Waals surface area contributed by atoms with Crippen LogP contribution < -0.4 is 11.1 Å². The van der Waals surface area contributed by atoms with Crippen molar-refractivity contribution in [2.75, 3.05) is 45.1 Å². The molecule has 2 aliphatic rings. The molecule has 28 heavy (non-hydrogen) atoms. The molecule has 8 heteroatoms. The normalized spacial score (nSPS) is 22.6. The number of nitrogens with zero attached hydrogens (tertiary/aromatic N) is 2. The van der Waals surface area contributed by atoms with Gasteiger partial charge in [0.1, 0.15) is 0 Å². The minimum atomic E-state index is -0.0463. The lowest BCUT2D eigenvalue weighted by Crippen LogP contribution is -2.35. The topological polar surface area (TPSA) is 78.7 Å². The molecule has 1 aromatic carbocycles. The Morgan fingerprint density at radius 2 is 1.82 bits per heavy atom. The van der Waals surface area contributed by atoms with Crippen LogP contribution in [0.1, 0.15) is 36.0 Å². The van der Waals surface area contributed by atoms with E-state index >= 15 is 0 Å². The fraction of sp³-hybridized carbons (Fsp3) is 0.600. The molecule has 1 heterocycles. The predicted octanol–water partition coefficient (Wildman–Crippen LogP) is 2.62. The van der Waals surface area contributed by atoms with Gasteiger partial charge in [0.25, 0.3) is 5.91 Å². The van der Waals surface area contributed by atoms with Crippen molar-refractivity contribution in [3.05, 3.63) is 29.8 Å². The van der Waals surface area contributed by atoms with E-state index in [1.807, 2.05) is 29.2 Å². The zero-order valence-corrected chi connectivity index (χ0v) is 18.1. The summed E-state index contributed by atoms with van der Waals surface area (Å²) in [5.41, 5.74) is 7.00. The van der Waals surface area contributed by atoms with Gasteiger partial charge in [-0.3, -0.25) is 9.59 Å². The minimum absolute atomic E-state index is 0. The van der Waals surface area contributed by atoms with E-state index in [1.165, 1.54) is 0 Å². The molecule has 1 aliphatic heterocycles. The summed E-state index contributed by atoms with van der Waals surface area (Å²) >= 11 is 0. The third kappa shape index (κ3) is 5.83. The van der Waals surface area contributed by atoms with E-state index in [1.54, 1.807) is 0 Å². The van der Waals surface area contributed by atoms with Gasteiger partial charge in [-0.05, 0) is 57.5 Å². The molecule has 1 saturated heterocycles. The van der Waals surface area contributed by atoms with E-state index < -0.39 is 0 Å². The van der Waals surface area contributed by atoms with E-state index in [4.69, 9.17) is 5.73 Å². The molecule has 3 rings (SSSR count). The summed E-state index contributed by atoms with van der Waals surface area (Å²) in [6, 6.07) is 7.34. The van der Waals surface area contributed by atoms with Crippen molar-refractivity contribution < 1.29 is 9.59 Å². The minimum Gasteiger partial charge on any atom is -0.337 e.